The second-order valence-electron chi connectivity index (χ2n) is 7.69. The average molecular weight is 402 g/mol. The van der Waals surface area contributed by atoms with E-state index in [1.165, 1.54) is 13.2 Å². The highest BCUT2D eigenvalue weighted by Gasteiger charge is 2.55. The van der Waals surface area contributed by atoms with Crippen molar-refractivity contribution in [2.24, 2.45) is 0 Å². The first-order valence-electron chi connectivity index (χ1n) is 9.49. The summed E-state index contributed by atoms with van der Waals surface area (Å²) >= 11 is 0. The van der Waals surface area contributed by atoms with Gasteiger partial charge in [-0.3, -0.25) is 0 Å². The average Bonchev–Trinajstić information content (AvgIpc) is 2.79. The summed E-state index contributed by atoms with van der Waals surface area (Å²) in [6.07, 6.45) is 11.1. The standard InChI is InChI=1S/C23H30O6/c1-15(14-22(4)21(25)23(5,26)17(3)29-22)11-9-7-8-10-12-18-16(2)19(27-6)13-20(24)28-18/h7-14,17,21,25-26H,1-6H3/t17-,21+,22-,23-/m0/s1. The lowest BCUT2D eigenvalue weighted by Crippen LogP contribution is -2.47. The van der Waals surface area contributed by atoms with Gasteiger partial charge in [-0.1, -0.05) is 36.0 Å². The molecular weight excluding hydrogens is 372 g/mol. The van der Waals surface area contributed by atoms with Crippen molar-refractivity contribution in [1.82, 2.24) is 0 Å². The molecule has 29 heavy (non-hydrogen) atoms. The van der Waals surface area contributed by atoms with Crippen LogP contribution in [0.2, 0.25) is 0 Å². The predicted molar refractivity (Wildman–Crippen MR) is 113 cm³/mol. The van der Waals surface area contributed by atoms with Gasteiger partial charge in [0, 0.05) is 5.56 Å². The van der Waals surface area contributed by atoms with E-state index < -0.39 is 29.0 Å². The van der Waals surface area contributed by atoms with Crippen LogP contribution in [0.1, 0.15) is 39.0 Å². The molecule has 2 rings (SSSR count). The Morgan fingerprint density at radius 2 is 1.90 bits per heavy atom. The summed E-state index contributed by atoms with van der Waals surface area (Å²) < 4.78 is 16.1. The van der Waals surface area contributed by atoms with E-state index in [0.29, 0.717) is 11.5 Å². The molecule has 1 aliphatic heterocycles. The molecule has 158 valence electrons. The first-order chi connectivity index (χ1) is 13.5. The molecule has 2 N–H and O–H groups in total. The summed E-state index contributed by atoms with van der Waals surface area (Å²) in [7, 11) is 1.51. The Balaban J connectivity index is 2.04. The molecular formula is C23H30O6. The van der Waals surface area contributed by atoms with Crippen LogP contribution in [0.15, 0.2) is 57.3 Å². The number of ether oxygens (including phenoxy) is 2. The Morgan fingerprint density at radius 1 is 1.24 bits per heavy atom. The number of hydrogen-bond donors (Lipinski definition) is 2. The molecule has 0 aliphatic carbocycles. The van der Waals surface area contributed by atoms with Crippen LogP contribution in [0, 0.1) is 6.92 Å². The van der Waals surface area contributed by atoms with Gasteiger partial charge in [-0.05, 0) is 46.8 Å². The van der Waals surface area contributed by atoms with E-state index in [2.05, 4.69) is 0 Å². The van der Waals surface area contributed by atoms with Crippen molar-refractivity contribution >= 4 is 6.08 Å². The van der Waals surface area contributed by atoms with Gasteiger partial charge in [-0.2, -0.15) is 0 Å². The molecule has 1 aromatic heterocycles. The summed E-state index contributed by atoms with van der Waals surface area (Å²) in [6.45, 7) is 8.79. The molecule has 2 heterocycles. The fourth-order valence-corrected chi connectivity index (χ4v) is 3.38. The Hall–Kier alpha value is -2.41. The lowest BCUT2D eigenvalue weighted by atomic mass is 9.86. The highest BCUT2D eigenvalue weighted by atomic mass is 16.6. The molecule has 0 radical (unpaired) electrons. The maximum absolute atomic E-state index is 11.5. The van der Waals surface area contributed by atoms with Crippen LogP contribution < -0.4 is 10.4 Å². The summed E-state index contributed by atoms with van der Waals surface area (Å²) in [6, 6.07) is 1.31. The molecule has 0 bridgehead atoms. The van der Waals surface area contributed by atoms with Gasteiger partial charge in [0.05, 0.1) is 19.3 Å². The van der Waals surface area contributed by atoms with Gasteiger partial charge in [0.1, 0.15) is 28.8 Å². The largest absolute Gasteiger partial charge is 0.496 e. The smallest absolute Gasteiger partial charge is 0.339 e. The van der Waals surface area contributed by atoms with Gasteiger partial charge < -0.3 is 24.1 Å². The second-order valence-corrected chi connectivity index (χ2v) is 7.69. The summed E-state index contributed by atoms with van der Waals surface area (Å²) in [5.41, 5.74) is -1.08. The molecule has 1 saturated heterocycles. The second kappa shape index (κ2) is 8.95. The Bertz CT molecular complexity index is 902. The number of hydrogen-bond acceptors (Lipinski definition) is 6. The zero-order chi connectivity index (χ0) is 21.8. The van der Waals surface area contributed by atoms with E-state index >= 15 is 0 Å². The number of rotatable bonds is 6. The van der Waals surface area contributed by atoms with Crippen LogP contribution in [0.5, 0.6) is 5.75 Å². The van der Waals surface area contributed by atoms with Gasteiger partial charge in [-0.25, -0.2) is 4.79 Å². The minimum absolute atomic E-state index is 0.445. The van der Waals surface area contributed by atoms with Gasteiger partial charge in [0.15, 0.2) is 0 Å². The van der Waals surface area contributed by atoms with Crippen molar-refractivity contribution in [3.05, 3.63) is 69.8 Å². The molecule has 6 heteroatoms. The monoisotopic (exact) mass is 402 g/mol. The van der Waals surface area contributed by atoms with E-state index in [0.717, 1.165) is 11.1 Å². The fourth-order valence-electron chi connectivity index (χ4n) is 3.38. The first-order valence-corrected chi connectivity index (χ1v) is 9.49. The minimum Gasteiger partial charge on any atom is -0.496 e. The summed E-state index contributed by atoms with van der Waals surface area (Å²) in [5, 5.41) is 20.8. The third-order valence-electron chi connectivity index (χ3n) is 5.22. The van der Waals surface area contributed by atoms with Gasteiger partial charge >= 0.3 is 5.63 Å². The number of allylic oxidation sites excluding steroid dienone is 6. The quantitative estimate of drug-likeness (QED) is 0.710. The summed E-state index contributed by atoms with van der Waals surface area (Å²) in [5.74, 6) is 0.934. The topological polar surface area (TPSA) is 89.1 Å². The van der Waals surface area contributed by atoms with Crippen LogP contribution in [-0.4, -0.2) is 40.7 Å². The van der Waals surface area contributed by atoms with Crippen molar-refractivity contribution in [3.63, 3.8) is 0 Å². The Morgan fingerprint density at radius 3 is 2.48 bits per heavy atom. The van der Waals surface area contributed by atoms with E-state index in [-0.39, 0.29) is 0 Å². The first kappa shape index (κ1) is 22.9. The summed E-state index contributed by atoms with van der Waals surface area (Å²) in [4.78, 5) is 11.5. The number of aliphatic hydroxyl groups is 2. The zero-order valence-electron chi connectivity index (χ0n) is 17.8. The van der Waals surface area contributed by atoms with Gasteiger partial charge in [0.25, 0.3) is 0 Å². The highest BCUT2D eigenvalue weighted by molar-refractivity contribution is 5.52. The van der Waals surface area contributed by atoms with E-state index in [1.54, 1.807) is 39.0 Å². The SMILES string of the molecule is COc1cc(=O)oc(C=CC=CC=CC(C)=C[C@]2(C)O[C@@H](C)[C@](C)(O)[C@@H]2O)c1C. The van der Waals surface area contributed by atoms with Crippen LogP contribution in [0.3, 0.4) is 0 Å². The maximum Gasteiger partial charge on any atom is 0.339 e. The van der Waals surface area contributed by atoms with Crippen LogP contribution >= 0.6 is 0 Å². The predicted octanol–water partition coefficient (Wildman–Crippen LogP) is 3.32. The molecule has 1 aromatic rings. The maximum atomic E-state index is 11.5. The minimum atomic E-state index is -1.30. The Kier molecular flexibility index (Phi) is 7.06. The molecule has 4 atom stereocenters. The van der Waals surface area contributed by atoms with Crippen LogP contribution in [0.4, 0.5) is 0 Å². The van der Waals surface area contributed by atoms with E-state index in [4.69, 9.17) is 13.9 Å². The van der Waals surface area contributed by atoms with Crippen molar-refractivity contribution in [2.45, 2.75) is 58.0 Å². The third kappa shape index (κ3) is 5.15. The fraction of sp³-hybridized carbons (Fsp3) is 0.435. The number of aliphatic hydroxyl groups excluding tert-OH is 1. The molecule has 0 amide bonds. The van der Waals surface area contributed by atoms with Crippen molar-refractivity contribution in [2.75, 3.05) is 7.11 Å². The van der Waals surface area contributed by atoms with Crippen molar-refractivity contribution in [1.29, 1.82) is 0 Å². The molecule has 1 fully saturated rings. The normalized spacial score (nSPS) is 30.8. The van der Waals surface area contributed by atoms with Gasteiger partial charge in [0.2, 0.25) is 0 Å². The van der Waals surface area contributed by atoms with Crippen LogP contribution in [0.25, 0.3) is 6.08 Å². The van der Waals surface area contributed by atoms with Gasteiger partial charge in [-0.15, -0.1) is 0 Å². The third-order valence-corrected chi connectivity index (χ3v) is 5.22. The highest BCUT2D eigenvalue weighted by Crippen LogP contribution is 2.39. The molecule has 6 nitrogen and oxygen atoms in total. The zero-order valence-corrected chi connectivity index (χ0v) is 17.8. The molecule has 0 saturated carbocycles. The van der Waals surface area contributed by atoms with Crippen molar-refractivity contribution < 1.29 is 24.1 Å². The Labute approximate surface area is 171 Å². The molecule has 0 spiro atoms. The number of methoxy groups -OCH3 is 1. The molecule has 1 aliphatic rings. The van der Waals surface area contributed by atoms with E-state index in [1.807, 2.05) is 38.2 Å². The molecule has 0 unspecified atom stereocenters. The molecule has 0 aromatic carbocycles. The lowest BCUT2D eigenvalue weighted by molar-refractivity contribution is -0.0579. The van der Waals surface area contributed by atoms with Crippen LogP contribution in [-0.2, 0) is 4.74 Å². The van der Waals surface area contributed by atoms with E-state index in [9.17, 15) is 15.0 Å². The lowest BCUT2D eigenvalue weighted by Gasteiger charge is -2.28. The van der Waals surface area contributed by atoms with Crippen molar-refractivity contribution in [3.8, 4) is 5.75 Å².